The standard InChI is InChI=1S/C16H21NO3/c1-12(2)14(18)17-10-8-16(9-11-17,15(19)20)13-6-4-3-5-7-13/h3-7,12H,8-11H2,1-2H3,(H,19,20). The van der Waals surface area contributed by atoms with E-state index < -0.39 is 11.4 Å². The van der Waals surface area contributed by atoms with E-state index in [2.05, 4.69) is 0 Å². The predicted octanol–water partition coefficient (Wildman–Crippen LogP) is 2.29. The molecule has 1 saturated heterocycles. The minimum absolute atomic E-state index is 0.0379. The van der Waals surface area contributed by atoms with E-state index >= 15 is 0 Å². The highest BCUT2D eigenvalue weighted by Crippen LogP contribution is 2.36. The second-order valence-electron chi connectivity index (χ2n) is 5.73. The van der Waals surface area contributed by atoms with Gasteiger partial charge in [0, 0.05) is 19.0 Å². The number of likely N-dealkylation sites (tertiary alicyclic amines) is 1. The predicted molar refractivity (Wildman–Crippen MR) is 76.4 cm³/mol. The maximum absolute atomic E-state index is 12.0. The SMILES string of the molecule is CC(C)C(=O)N1CCC(C(=O)O)(c2ccccc2)CC1. The van der Waals surface area contributed by atoms with Crippen LogP contribution in [0.5, 0.6) is 0 Å². The highest BCUT2D eigenvalue weighted by Gasteiger charge is 2.43. The molecule has 0 aromatic heterocycles. The number of carboxylic acid groups (broad SMARTS) is 1. The van der Waals surface area contributed by atoms with Crippen LogP contribution in [0, 0.1) is 5.92 Å². The molecule has 0 bridgehead atoms. The van der Waals surface area contributed by atoms with Crippen molar-refractivity contribution in [3.63, 3.8) is 0 Å². The monoisotopic (exact) mass is 275 g/mol. The van der Waals surface area contributed by atoms with Crippen molar-refractivity contribution in [3.8, 4) is 0 Å². The van der Waals surface area contributed by atoms with Gasteiger partial charge >= 0.3 is 5.97 Å². The van der Waals surface area contributed by atoms with Crippen LogP contribution in [0.4, 0.5) is 0 Å². The zero-order valence-corrected chi connectivity index (χ0v) is 12.0. The highest BCUT2D eigenvalue weighted by molar-refractivity contribution is 5.83. The second kappa shape index (κ2) is 5.65. The first kappa shape index (κ1) is 14.6. The molecule has 0 saturated carbocycles. The number of aliphatic carboxylic acids is 1. The Labute approximate surface area is 119 Å². The topological polar surface area (TPSA) is 57.6 Å². The molecular formula is C16H21NO3. The minimum atomic E-state index is -0.852. The zero-order valence-electron chi connectivity index (χ0n) is 12.0. The number of carbonyl (C=O) groups excluding carboxylic acids is 1. The lowest BCUT2D eigenvalue weighted by Gasteiger charge is -2.39. The van der Waals surface area contributed by atoms with Gasteiger partial charge in [-0.25, -0.2) is 0 Å². The van der Waals surface area contributed by atoms with Crippen LogP contribution in [-0.4, -0.2) is 35.0 Å². The molecule has 4 heteroatoms. The maximum Gasteiger partial charge on any atom is 0.314 e. The molecule has 0 unspecified atom stereocenters. The van der Waals surface area contributed by atoms with E-state index in [1.807, 2.05) is 44.2 Å². The minimum Gasteiger partial charge on any atom is -0.481 e. The zero-order chi connectivity index (χ0) is 14.8. The van der Waals surface area contributed by atoms with Crippen LogP contribution in [0.15, 0.2) is 30.3 Å². The molecule has 4 nitrogen and oxygen atoms in total. The number of carboxylic acids is 1. The summed E-state index contributed by atoms with van der Waals surface area (Å²) in [5, 5.41) is 9.67. The fraction of sp³-hybridized carbons (Fsp3) is 0.500. The summed E-state index contributed by atoms with van der Waals surface area (Å²) in [4.78, 5) is 25.6. The van der Waals surface area contributed by atoms with Crippen molar-refractivity contribution in [2.75, 3.05) is 13.1 Å². The Hall–Kier alpha value is -1.84. The van der Waals surface area contributed by atoms with Gasteiger partial charge in [-0.05, 0) is 18.4 Å². The largest absolute Gasteiger partial charge is 0.481 e. The number of piperidine rings is 1. The molecule has 1 N–H and O–H groups in total. The van der Waals surface area contributed by atoms with Gasteiger partial charge in [0.25, 0.3) is 0 Å². The maximum atomic E-state index is 12.0. The Morgan fingerprint density at radius 3 is 2.15 bits per heavy atom. The summed E-state index contributed by atoms with van der Waals surface area (Å²) in [6.45, 7) is 4.77. The van der Waals surface area contributed by atoms with Crippen molar-refractivity contribution in [2.24, 2.45) is 5.92 Å². The van der Waals surface area contributed by atoms with Crippen molar-refractivity contribution in [2.45, 2.75) is 32.1 Å². The van der Waals surface area contributed by atoms with Gasteiger partial charge in [-0.1, -0.05) is 44.2 Å². The number of hydrogen-bond donors (Lipinski definition) is 1. The first-order chi connectivity index (χ1) is 9.47. The molecule has 1 heterocycles. The third-order valence-electron chi connectivity index (χ3n) is 4.16. The van der Waals surface area contributed by atoms with Crippen LogP contribution < -0.4 is 0 Å². The van der Waals surface area contributed by atoms with Crippen LogP contribution >= 0.6 is 0 Å². The van der Waals surface area contributed by atoms with E-state index in [1.54, 1.807) is 4.90 Å². The Bertz CT molecular complexity index is 488. The van der Waals surface area contributed by atoms with Crippen molar-refractivity contribution >= 4 is 11.9 Å². The molecule has 1 fully saturated rings. The van der Waals surface area contributed by atoms with Gasteiger partial charge in [-0.2, -0.15) is 0 Å². The average molecular weight is 275 g/mol. The molecule has 1 amide bonds. The third kappa shape index (κ3) is 2.55. The Morgan fingerprint density at radius 1 is 1.15 bits per heavy atom. The molecule has 0 aliphatic carbocycles. The fourth-order valence-corrected chi connectivity index (χ4v) is 2.86. The van der Waals surface area contributed by atoms with E-state index in [1.165, 1.54) is 0 Å². The molecule has 1 aromatic carbocycles. The molecule has 0 radical (unpaired) electrons. The molecule has 108 valence electrons. The van der Waals surface area contributed by atoms with Crippen molar-refractivity contribution in [1.29, 1.82) is 0 Å². The quantitative estimate of drug-likeness (QED) is 0.920. The molecule has 1 aromatic rings. The van der Waals surface area contributed by atoms with Gasteiger partial charge in [0.05, 0.1) is 5.41 Å². The smallest absolute Gasteiger partial charge is 0.314 e. The lowest BCUT2D eigenvalue weighted by molar-refractivity contribution is -0.149. The average Bonchev–Trinajstić information content (AvgIpc) is 2.47. The molecular weight excluding hydrogens is 254 g/mol. The second-order valence-corrected chi connectivity index (χ2v) is 5.73. The van der Waals surface area contributed by atoms with Crippen LogP contribution in [0.2, 0.25) is 0 Å². The van der Waals surface area contributed by atoms with E-state index in [0.29, 0.717) is 25.9 Å². The highest BCUT2D eigenvalue weighted by atomic mass is 16.4. The van der Waals surface area contributed by atoms with E-state index in [4.69, 9.17) is 0 Å². The number of hydrogen-bond acceptors (Lipinski definition) is 2. The van der Waals surface area contributed by atoms with Gasteiger partial charge in [0.2, 0.25) is 5.91 Å². The van der Waals surface area contributed by atoms with Gasteiger partial charge in [-0.15, -0.1) is 0 Å². The van der Waals surface area contributed by atoms with Gasteiger partial charge < -0.3 is 10.0 Å². The first-order valence-electron chi connectivity index (χ1n) is 7.05. The number of carbonyl (C=O) groups is 2. The normalized spacial score (nSPS) is 18.1. The summed E-state index contributed by atoms with van der Waals surface area (Å²) in [6.07, 6.45) is 0.954. The molecule has 2 rings (SSSR count). The van der Waals surface area contributed by atoms with Crippen LogP contribution in [0.1, 0.15) is 32.3 Å². The lowest BCUT2D eigenvalue weighted by Crippen LogP contribution is -2.49. The van der Waals surface area contributed by atoms with Crippen LogP contribution in [0.25, 0.3) is 0 Å². The van der Waals surface area contributed by atoms with Crippen LogP contribution in [0.3, 0.4) is 0 Å². The summed E-state index contributed by atoms with van der Waals surface area (Å²) in [5.74, 6) is -0.721. The Morgan fingerprint density at radius 2 is 1.70 bits per heavy atom. The summed E-state index contributed by atoms with van der Waals surface area (Å²) >= 11 is 0. The summed E-state index contributed by atoms with van der Waals surface area (Å²) in [7, 11) is 0. The summed E-state index contributed by atoms with van der Waals surface area (Å²) in [5.41, 5.74) is -0.0150. The number of rotatable bonds is 3. The number of benzene rings is 1. The summed E-state index contributed by atoms with van der Waals surface area (Å²) in [6, 6.07) is 9.36. The van der Waals surface area contributed by atoms with E-state index in [9.17, 15) is 14.7 Å². The Balaban J connectivity index is 2.20. The molecule has 0 spiro atoms. The number of amides is 1. The molecule has 1 aliphatic rings. The number of nitrogens with zero attached hydrogens (tertiary/aromatic N) is 1. The Kier molecular flexibility index (Phi) is 4.12. The fourth-order valence-electron chi connectivity index (χ4n) is 2.86. The third-order valence-corrected chi connectivity index (χ3v) is 4.16. The van der Waals surface area contributed by atoms with Crippen molar-refractivity contribution in [1.82, 2.24) is 4.90 Å². The van der Waals surface area contributed by atoms with Gasteiger partial charge in [0.1, 0.15) is 0 Å². The van der Waals surface area contributed by atoms with Gasteiger partial charge in [-0.3, -0.25) is 9.59 Å². The van der Waals surface area contributed by atoms with Crippen molar-refractivity contribution < 1.29 is 14.7 Å². The lowest BCUT2D eigenvalue weighted by atomic mass is 9.72. The summed E-state index contributed by atoms with van der Waals surface area (Å²) < 4.78 is 0. The van der Waals surface area contributed by atoms with Gasteiger partial charge in [0.15, 0.2) is 0 Å². The molecule has 20 heavy (non-hydrogen) atoms. The molecule has 1 aliphatic heterocycles. The first-order valence-corrected chi connectivity index (χ1v) is 7.05. The van der Waals surface area contributed by atoms with Crippen LogP contribution in [-0.2, 0) is 15.0 Å². The van der Waals surface area contributed by atoms with Crippen molar-refractivity contribution in [3.05, 3.63) is 35.9 Å². The van der Waals surface area contributed by atoms with E-state index in [0.717, 1.165) is 5.56 Å². The van der Waals surface area contributed by atoms with E-state index in [-0.39, 0.29) is 11.8 Å². The molecule has 0 atom stereocenters.